The molecule has 9 nitrogen and oxygen atoms in total. The minimum Gasteiger partial charge on any atom is -0.508 e. The molecule has 0 radical (unpaired) electrons. The summed E-state index contributed by atoms with van der Waals surface area (Å²) in [6.07, 6.45) is 2.85. The van der Waals surface area contributed by atoms with Crippen molar-refractivity contribution in [3.8, 4) is 5.75 Å². The molecule has 1 aromatic carbocycles. The van der Waals surface area contributed by atoms with Crippen LogP contribution >= 0.6 is 0 Å². The summed E-state index contributed by atoms with van der Waals surface area (Å²) < 4.78 is 18.3. The SMILES string of the molecule is CC1CCC2C(C)[C@H](OC(=O)CCC(=O)NCCc3ccc(O)cc3)O[C@@H]3O[C@@]4(C)CCC1[C@@]23OO4. The number of phenols is 1. The predicted molar refractivity (Wildman–Crippen MR) is 127 cm³/mol. The molecule has 1 spiro atoms. The van der Waals surface area contributed by atoms with Crippen molar-refractivity contribution in [1.29, 1.82) is 0 Å². The zero-order valence-corrected chi connectivity index (χ0v) is 21.2. The standard InChI is InChI=1S/C27H37NO8/c1-16-4-9-21-17(2)24(33-25-27(21)20(16)12-14-26(3,34-25)35-36-27)32-23(31)11-10-22(30)28-15-13-18-5-7-19(29)8-6-18/h5-8,16-17,20-21,24-25,29H,4,9-15H2,1-3H3,(H,28,30)/t16?,17?,20?,21?,24-,25-,26-,27-/m1/s1. The molecule has 2 N–H and O–H groups in total. The summed E-state index contributed by atoms with van der Waals surface area (Å²) in [5.41, 5.74) is 0.304. The largest absolute Gasteiger partial charge is 0.508 e. The number of fused-ring (bicyclic) bond motifs is 2. The average molecular weight is 504 g/mol. The molecule has 9 heteroatoms. The van der Waals surface area contributed by atoms with E-state index in [2.05, 4.69) is 12.2 Å². The molecule has 36 heavy (non-hydrogen) atoms. The smallest absolute Gasteiger partial charge is 0.308 e. The second kappa shape index (κ2) is 9.93. The van der Waals surface area contributed by atoms with Crippen molar-refractivity contribution in [2.45, 2.75) is 89.7 Å². The summed E-state index contributed by atoms with van der Waals surface area (Å²) >= 11 is 0. The Labute approximate surface area is 211 Å². The van der Waals surface area contributed by atoms with Gasteiger partial charge >= 0.3 is 5.97 Å². The Morgan fingerprint density at radius 2 is 1.86 bits per heavy atom. The van der Waals surface area contributed by atoms with E-state index in [0.29, 0.717) is 18.9 Å². The number of benzene rings is 1. The first kappa shape index (κ1) is 25.4. The van der Waals surface area contributed by atoms with Crippen LogP contribution in [-0.4, -0.2) is 47.5 Å². The lowest BCUT2D eigenvalue weighted by Crippen LogP contribution is -2.70. The number of carbonyl (C=O) groups is 2. The number of hydrogen-bond donors (Lipinski definition) is 2. The second-order valence-corrected chi connectivity index (χ2v) is 11.0. The molecule has 5 aliphatic rings. The quantitative estimate of drug-likeness (QED) is 0.429. The number of phenolic OH excluding ortho intramolecular Hbond substituents is 1. The highest BCUT2D eigenvalue weighted by molar-refractivity contribution is 5.81. The molecule has 8 atom stereocenters. The number of hydrogen-bond acceptors (Lipinski definition) is 8. The molecule has 1 aliphatic carbocycles. The molecular weight excluding hydrogens is 466 g/mol. The number of esters is 1. The van der Waals surface area contributed by atoms with Gasteiger partial charge in [0.2, 0.25) is 18.0 Å². The van der Waals surface area contributed by atoms with Crippen molar-refractivity contribution in [3.63, 3.8) is 0 Å². The van der Waals surface area contributed by atoms with Gasteiger partial charge in [0.15, 0.2) is 11.9 Å². The monoisotopic (exact) mass is 503 g/mol. The van der Waals surface area contributed by atoms with Crippen LogP contribution < -0.4 is 5.32 Å². The summed E-state index contributed by atoms with van der Waals surface area (Å²) in [6.45, 7) is 6.59. The maximum absolute atomic E-state index is 12.7. The number of carbonyl (C=O) groups excluding carboxylic acids is 2. The summed E-state index contributed by atoms with van der Waals surface area (Å²) in [5.74, 6) is -0.693. The number of ether oxygens (including phenoxy) is 3. The molecule has 1 amide bonds. The Hall–Kier alpha value is -2.20. The van der Waals surface area contributed by atoms with Crippen LogP contribution in [0.3, 0.4) is 0 Å². The predicted octanol–water partition coefficient (Wildman–Crippen LogP) is 3.58. The normalized spacial score (nSPS) is 39.1. The lowest BCUT2D eigenvalue weighted by molar-refractivity contribution is -0.576. The van der Waals surface area contributed by atoms with E-state index in [4.69, 9.17) is 24.0 Å². The average Bonchev–Trinajstić information content (AvgIpc) is 3.08. The van der Waals surface area contributed by atoms with Gasteiger partial charge in [0.1, 0.15) is 5.75 Å². The Balaban J connectivity index is 1.15. The molecule has 6 rings (SSSR count). The summed E-state index contributed by atoms with van der Waals surface area (Å²) in [7, 11) is 0. The van der Waals surface area contributed by atoms with Crippen LogP contribution in [0.2, 0.25) is 0 Å². The van der Waals surface area contributed by atoms with Crippen LogP contribution in [0.5, 0.6) is 5.75 Å². The van der Waals surface area contributed by atoms with E-state index < -0.39 is 29.9 Å². The third-order valence-electron chi connectivity index (χ3n) is 8.57. The topological polar surface area (TPSA) is 113 Å². The van der Waals surface area contributed by atoms with E-state index in [1.807, 2.05) is 26.0 Å². The van der Waals surface area contributed by atoms with Crippen LogP contribution in [-0.2, 0) is 40.0 Å². The van der Waals surface area contributed by atoms with Crippen molar-refractivity contribution < 1.29 is 38.7 Å². The molecule has 4 saturated heterocycles. The fourth-order valence-electron chi connectivity index (χ4n) is 6.51. The molecule has 198 valence electrons. The van der Waals surface area contributed by atoms with Crippen LogP contribution in [0.1, 0.15) is 64.9 Å². The number of nitrogens with one attached hydrogen (secondary N) is 1. The second-order valence-electron chi connectivity index (χ2n) is 11.0. The van der Waals surface area contributed by atoms with E-state index in [-0.39, 0.29) is 42.3 Å². The van der Waals surface area contributed by atoms with Gasteiger partial charge in [-0.15, -0.1) is 0 Å². The number of rotatable bonds is 7. The van der Waals surface area contributed by atoms with Crippen LogP contribution in [0.15, 0.2) is 24.3 Å². The molecule has 1 saturated carbocycles. The molecule has 0 aromatic heterocycles. The van der Waals surface area contributed by atoms with E-state index in [0.717, 1.165) is 31.2 Å². The Bertz CT molecular complexity index is 969. The van der Waals surface area contributed by atoms with Crippen molar-refractivity contribution in [3.05, 3.63) is 29.8 Å². The first-order chi connectivity index (χ1) is 17.2. The third kappa shape index (κ3) is 4.74. The van der Waals surface area contributed by atoms with Gasteiger partial charge in [0.25, 0.3) is 0 Å². The summed E-state index contributed by atoms with van der Waals surface area (Å²) in [5, 5.41) is 12.2. The Kier molecular flexibility index (Phi) is 7.02. The maximum atomic E-state index is 12.7. The van der Waals surface area contributed by atoms with Gasteiger partial charge in [-0.1, -0.05) is 26.0 Å². The molecule has 4 heterocycles. The fraction of sp³-hybridized carbons (Fsp3) is 0.704. The zero-order chi connectivity index (χ0) is 25.5. The molecule has 4 unspecified atom stereocenters. The van der Waals surface area contributed by atoms with Crippen LogP contribution in [0.25, 0.3) is 0 Å². The van der Waals surface area contributed by atoms with Crippen molar-refractivity contribution in [2.24, 2.45) is 23.7 Å². The highest BCUT2D eigenvalue weighted by Gasteiger charge is 2.69. The first-order valence-electron chi connectivity index (χ1n) is 13.1. The van der Waals surface area contributed by atoms with Gasteiger partial charge in [-0.3, -0.25) is 9.59 Å². The van der Waals surface area contributed by atoms with Gasteiger partial charge in [0.05, 0.1) is 6.42 Å². The van der Waals surface area contributed by atoms with Gasteiger partial charge < -0.3 is 24.6 Å². The van der Waals surface area contributed by atoms with Crippen molar-refractivity contribution in [1.82, 2.24) is 5.32 Å². The molecule has 5 fully saturated rings. The van der Waals surface area contributed by atoms with E-state index >= 15 is 0 Å². The Morgan fingerprint density at radius 3 is 2.64 bits per heavy atom. The molecule has 2 bridgehead atoms. The van der Waals surface area contributed by atoms with Crippen molar-refractivity contribution in [2.75, 3.05) is 6.54 Å². The molecule has 4 aliphatic heterocycles. The van der Waals surface area contributed by atoms with Crippen LogP contribution in [0, 0.1) is 23.7 Å². The minimum atomic E-state index is -0.884. The minimum absolute atomic E-state index is 0.0318. The first-order valence-corrected chi connectivity index (χ1v) is 13.1. The van der Waals surface area contributed by atoms with Crippen LogP contribution in [0.4, 0.5) is 0 Å². The summed E-state index contributed by atoms with van der Waals surface area (Å²) in [4.78, 5) is 36.8. The lowest BCUT2D eigenvalue weighted by Gasteiger charge is -2.59. The highest BCUT2D eigenvalue weighted by atomic mass is 17.3. The third-order valence-corrected chi connectivity index (χ3v) is 8.57. The lowest BCUT2D eigenvalue weighted by atomic mass is 9.58. The summed E-state index contributed by atoms with van der Waals surface area (Å²) in [6, 6.07) is 6.85. The van der Waals surface area contributed by atoms with Gasteiger partial charge in [-0.05, 0) is 62.1 Å². The highest BCUT2D eigenvalue weighted by Crippen LogP contribution is 2.60. The van der Waals surface area contributed by atoms with E-state index in [9.17, 15) is 14.7 Å². The van der Waals surface area contributed by atoms with Crippen molar-refractivity contribution >= 4 is 11.9 Å². The molecular formula is C27H37NO8. The Morgan fingerprint density at radius 1 is 1.08 bits per heavy atom. The van der Waals surface area contributed by atoms with E-state index in [1.54, 1.807) is 12.1 Å². The number of aromatic hydroxyl groups is 1. The fourth-order valence-corrected chi connectivity index (χ4v) is 6.51. The van der Waals surface area contributed by atoms with Gasteiger partial charge in [0, 0.05) is 31.2 Å². The zero-order valence-electron chi connectivity index (χ0n) is 21.2. The maximum Gasteiger partial charge on any atom is 0.308 e. The van der Waals surface area contributed by atoms with E-state index in [1.165, 1.54) is 0 Å². The van der Waals surface area contributed by atoms with Gasteiger partial charge in [-0.2, -0.15) is 0 Å². The molecule has 1 aromatic rings. The number of amides is 1. The van der Waals surface area contributed by atoms with Gasteiger partial charge in [-0.25, -0.2) is 9.78 Å².